The van der Waals surface area contributed by atoms with Crippen molar-refractivity contribution < 1.29 is 9.53 Å². The van der Waals surface area contributed by atoms with E-state index in [2.05, 4.69) is 5.32 Å². The lowest BCUT2D eigenvalue weighted by Gasteiger charge is -2.37. The van der Waals surface area contributed by atoms with Crippen LogP contribution in [0.25, 0.3) is 0 Å². The van der Waals surface area contributed by atoms with Crippen molar-refractivity contribution in [3.8, 4) is 0 Å². The highest BCUT2D eigenvalue weighted by Crippen LogP contribution is 2.26. The first-order chi connectivity index (χ1) is 11.5. The molecule has 2 aliphatic rings. The minimum absolute atomic E-state index is 0.103. The van der Waals surface area contributed by atoms with E-state index in [1.165, 1.54) is 0 Å². The van der Waals surface area contributed by atoms with E-state index < -0.39 is 0 Å². The second-order valence-corrected chi connectivity index (χ2v) is 7.10. The van der Waals surface area contributed by atoms with Gasteiger partial charge in [0, 0.05) is 37.8 Å². The Kier molecular flexibility index (Phi) is 5.81. The van der Waals surface area contributed by atoms with Gasteiger partial charge in [-0.1, -0.05) is 23.2 Å². The molecule has 1 N–H and O–H groups in total. The Hall–Kier alpha value is -1.08. The van der Waals surface area contributed by atoms with Crippen molar-refractivity contribution in [3.63, 3.8) is 0 Å². The standard InChI is InChI=1S/C16H19Cl2N3O2S/c17-11-3-4-13(12(18)10-11)19-16(24)21-7-5-20(6-8-21)15(22)14-2-1-9-23-14/h3-4,10,14H,1-2,5-9H2,(H,19,24). The van der Waals surface area contributed by atoms with Gasteiger partial charge in [0.15, 0.2) is 5.11 Å². The summed E-state index contributed by atoms with van der Waals surface area (Å²) >= 11 is 17.5. The Labute approximate surface area is 156 Å². The number of carbonyl (C=O) groups is 1. The number of amides is 1. The van der Waals surface area contributed by atoms with E-state index in [1.54, 1.807) is 18.2 Å². The molecule has 0 aromatic heterocycles. The molecule has 2 aliphatic heterocycles. The number of hydrogen-bond acceptors (Lipinski definition) is 3. The molecule has 0 spiro atoms. The van der Waals surface area contributed by atoms with Crippen LogP contribution in [0.3, 0.4) is 0 Å². The molecule has 0 radical (unpaired) electrons. The van der Waals surface area contributed by atoms with E-state index >= 15 is 0 Å². The molecule has 2 saturated heterocycles. The number of ether oxygens (including phenoxy) is 1. The van der Waals surface area contributed by atoms with E-state index in [0.29, 0.717) is 47.9 Å². The quantitative estimate of drug-likeness (QED) is 0.790. The zero-order valence-electron chi connectivity index (χ0n) is 13.1. The molecule has 1 aromatic rings. The Morgan fingerprint density at radius 2 is 1.92 bits per heavy atom. The lowest BCUT2D eigenvalue weighted by Crippen LogP contribution is -2.53. The van der Waals surface area contributed by atoms with E-state index in [1.807, 2.05) is 9.80 Å². The SMILES string of the molecule is O=C(C1CCCO1)N1CCN(C(=S)Nc2ccc(Cl)cc2Cl)CC1. The largest absolute Gasteiger partial charge is 0.368 e. The van der Waals surface area contributed by atoms with Crippen molar-refractivity contribution in [2.24, 2.45) is 0 Å². The Bertz CT molecular complexity index is 630. The smallest absolute Gasteiger partial charge is 0.251 e. The first kappa shape index (κ1) is 17.7. The zero-order valence-corrected chi connectivity index (χ0v) is 15.5. The lowest BCUT2D eigenvalue weighted by atomic mass is 10.2. The summed E-state index contributed by atoms with van der Waals surface area (Å²) in [5.74, 6) is 0.103. The number of anilines is 1. The molecule has 2 fully saturated rings. The summed E-state index contributed by atoms with van der Waals surface area (Å²) in [7, 11) is 0. The van der Waals surface area contributed by atoms with Crippen LogP contribution in [-0.4, -0.2) is 59.7 Å². The molecule has 1 atom stereocenters. The van der Waals surface area contributed by atoms with Crippen LogP contribution in [-0.2, 0) is 9.53 Å². The third-order valence-electron chi connectivity index (χ3n) is 4.26. The molecule has 8 heteroatoms. The molecule has 2 heterocycles. The van der Waals surface area contributed by atoms with E-state index in [0.717, 1.165) is 18.5 Å². The van der Waals surface area contributed by atoms with Gasteiger partial charge in [0.25, 0.3) is 5.91 Å². The fraction of sp³-hybridized carbons (Fsp3) is 0.500. The summed E-state index contributed by atoms with van der Waals surface area (Å²) < 4.78 is 5.48. The van der Waals surface area contributed by atoms with Gasteiger partial charge in [0.05, 0.1) is 10.7 Å². The molecule has 1 aromatic carbocycles. The fourth-order valence-corrected chi connectivity index (χ4v) is 3.64. The maximum absolute atomic E-state index is 12.3. The zero-order chi connectivity index (χ0) is 17.1. The average molecular weight is 388 g/mol. The number of carbonyl (C=O) groups excluding carboxylic acids is 1. The van der Waals surface area contributed by atoms with E-state index in [-0.39, 0.29) is 12.0 Å². The molecular formula is C16H19Cl2N3O2S. The molecule has 3 rings (SSSR count). The summed E-state index contributed by atoms with van der Waals surface area (Å²) in [6, 6.07) is 5.23. The highest BCUT2D eigenvalue weighted by atomic mass is 35.5. The van der Waals surface area contributed by atoms with Crippen LogP contribution in [0.15, 0.2) is 18.2 Å². The van der Waals surface area contributed by atoms with E-state index in [4.69, 9.17) is 40.2 Å². The summed E-state index contributed by atoms with van der Waals surface area (Å²) in [4.78, 5) is 16.3. The number of nitrogens with zero attached hydrogens (tertiary/aromatic N) is 2. The third-order valence-corrected chi connectivity index (χ3v) is 5.16. The predicted molar refractivity (Wildman–Crippen MR) is 99.8 cm³/mol. The Morgan fingerprint density at radius 3 is 2.54 bits per heavy atom. The van der Waals surface area contributed by atoms with Crippen LogP contribution < -0.4 is 5.32 Å². The van der Waals surface area contributed by atoms with Crippen molar-refractivity contribution in [2.75, 3.05) is 38.1 Å². The molecule has 0 bridgehead atoms. The van der Waals surface area contributed by atoms with Crippen molar-refractivity contribution in [2.45, 2.75) is 18.9 Å². The lowest BCUT2D eigenvalue weighted by molar-refractivity contribution is -0.142. The van der Waals surface area contributed by atoms with Crippen LogP contribution >= 0.6 is 35.4 Å². The summed E-state index contributed by atoms with van der Waals surface area (Å²) in [6.07, 6.45) is 1.54. The number of rotatable bonds is 2. The minimum atomic E-state index is -0.255. The van der Waals surface area contributed by atoms with Gasteiger partial charge in [0.2, 0.25) is 0 Å². The van der Waals surface area contributed by atoms with Crippen LogP contribution in [0, 0.1) is 0 Å². The second-order valence-electron chi connectivity index (χ2n) is 5.87. The first-order valence-corrected chi connectivity index (χ1v) is 9.12. The van der Waals surface area contributed by atoms with Crippen molar-refractivity contribution in [1.29, 1.82) is 0 Å². The maximum atomic E-state index is 12.3. The van der Waals surface area contributed by atoms with Gasteiger partial charge in [-0.05, 0) is 43.3 Å². The molecule has 130 valence electrons. The van der Waals surface area contributed by atoms with Crippen molar-refractivity contribution in [3.05, 3.63) is 28.2 Å². The summed E-state index contributed by atoms with van der Waals surface area (Å²) in [5, 5.41) is 4.85. The van der Waals surface area contributed by atoms with Gasteiger partial charge in [-0.3, -0.25) is 4.79 Å². The number of piperazine rings is 1. The molecule has 1 unspecified atom stereocenters. The van der Waals surface area contributed by atoms with Crippen LogP contribution in [0.2, 0.25) is 10.0 Å². The number of hydrogen-bond donors (Lipinski definition) is 1. The van der Waals surface area contributed by atoms with Gasteiger partial charge in [0.1, 0.15) is 6.10 Å². The fourth-order valence-electron chi connectivity index (χ4n) is 2.89. The summed E-state index contributed by atoms with van der Waals surface area (Å²) in [6.45, 7) is 3.36. The number of nitrogens with one attached hydrogen (secondary N) is 1. The molecule has 5 nitrogen and oxygen atoms in total. The maximum Gasteiger partial charge on any atom is 0.251 e. The number of benzene rings is 1. The van der Waals surface area contributed by atoms with Gasteiger partial charge < -0.3 is 19.9 Å². The third kappa shape index (κ3) is 4.11. The van der Waals surface area contributed by atoms with Gasteiger partial charge >= 0.3 is 0 Å². The number of thiocarbonyl (C=S) groups is 1. The number of halogens is 2. The monoisotopic (exact) mass is 387 g/mol. The summed E-state index contributed by atoms with van der Waals surface area (Å²) in [5.41, 5.74) is 0.726. The van der Waals surface area contributed by atoms with Gasteiger partial charge in [-0.25, -0.2) is 0 Å². The molecule has 1 amide bonds. The highest BCUT2D eigenvalue weighted by molar-refractivity contribution is 7.80. The molecule has 24 heavy (non-hydrogen) atoms. The molecule has 0 saturated carbocycles. The van der Waals surface area contributed by atoms with Crippen LogP contribution in [0.1, 0.15) is 12.8 Å². The van der Waals surface area contributed by atoms with Crippen LogP contribution in [0.4, 0.5) is 5.69 Å². The highest BCUT2D eigenvalue weighted by Gasteiger charge is 2.30. The second kappa shape index (κ2) is 7.87. The van der Waals surface area contributed by atoms with Gasteiger partial charge in [-0.2, -0.15) is 0 Å². The van der Waals surface area contributed by atoms with E-state index in [9.17, 15) is 4.79 Å². The average Bonchev–Trinajstić information content (AvgIpc) is 3.11. The molecule has 0 aliphatic carbocycles. The Balaban J connectivity index is 1.52. The predicted octanol–water partition coefficient (Wildman–Crippen LogP) is 3.01. The van der Waals surface area contributed by atoms with Crippen molar-refractivity contribution >= 4 is 52.1 Å². The molecular weight excluding hydrogens is 369 g/mol. The first-order valence-electron chi connectivity index (χ1n) is 7.96. The van der Waals surface area contributed by atoms with Crippen molar-refractivity contribution in [1.82, 2.24) is 9.80 Å². The minimum Gasteiger partial charge on any atom is -0.368 e. The van der Waals surface area contributed by atoms with Crippen LogP contribution in [0.5, 0.6) is 0 Å². The normalized spacial score (nSPS) is 21.0. The topological polar surface area (TPSA) is 44.8 Å². The Morgan fingerprint density at radius 1 is 1.21 bits per heavy atom. The van der Waals surface area contributed by atoms with Gasteiger partial charge in [-0.15, -0.1) is 0 Å².